The van der Waals surface area contributed by atoms with Crippen molar-refractivity contribution in [1.29, 1.82) is 5.26 Å². The third-order valence-corrected chi connectivity index (χ3v) is 5.89. The quantitative estimate of drug-likeness (QED) is 0.784. The van der Waals surface area contributed by atoms with Crippen LogP contribution in [0.1, 0.15) is 48.7 Å². The number of amidine groups is 1. The highest BCUT2D eigenvalue weighted by Gasteiger charge is 2.32. The van der Waals surface area contributed by atoms with Crippen LogP contribution >= 0.6 is 0 Å². The van der Waals surface area contributed by atoms with Crippen molar-refractivity contribution in [2.24, 2.45) is 4.40 Å². The summed E-state index contributed by atoms with van der Waals surface area (Å²) in [5.74, 6) is -0.302. The predicted molar refractivity (Wildman–Crippen MR) is 110 cm³/mol. The van der Waals surface area contributed by atoms with Gasteiger partial charge in [0.05, 0.1) is 19.0 Å². The largest absolute Gasteiger partial charge is 0.285 e. The van der Waals surface area contributed by atoms with Crippen molar-refractivity contribution in [3.8, 4) is 6.07 Å². The van der Waals surface area contributed by atoms with Crippen molar-refractivity contribution in [1.82, 2.24) is 10.4 Å². The maximum absolute atomic E-state index is 12.8. The van der Waals surface area contributed by atoms with Crippen LogP contribution in [0.5, 0.6) is 0 Å². The molecule has 0 unspecified atom stereocenters. The third-order valence-electron chi connectivity index (χ3n) is 4.57. The molecule has 1 heterocycles. The van der Waals surface area contributed by atoms with E-state index in [0.717, 1.165) is 5.56 Å². The molecule has 0 saturated carbocycles. The van der Waals surface area contributed by atoms with Gasteiger partial charge in [0.25, 0.3) is 15.9 Å². The second-order valence-corrected chi connectivity index (χ2v) is 9.29. The molecule has 8 heteroatoms. The van der Waals surface area contributed by atoms with Gasteiger partial charge < -0.3 is 0 Å². The Kier molecular flexibility index (Phi) is 5.44. The lowest BCUT2D eigenvalue weighted by Gasteiger charge is -2.24. The number of hydrazine groups is 1. The molecule has 0 spiro atoms. The first kappa shape index (κ1) is 20.6. The Balaban J connectivity index is 1.89. The van der Waals surface area contributed by atoms with Gasteiger partial charge in [-0.25, -0.2) is 0 Å². The molecule has 0 atom stereocenters. The molecule has 0 bridgehead atoms. The number of nitriles is 1. The van der Waals surface area contributed by atoms with Gasteiger partial charge in [0.15, 0.2) is 5.84 Å². The van der Waals surface area contributed by atoms with Gasteiger partial charge in [-0.2, -0.15) is 13.7 Å². The van der Waals surface area contributed by atoms with Crippen molar-refractivity contribution in [2.75, 3.05) is 6.54 Å². The van der Waals surface area contributed by atoms with Gasteiger partial charge in [0.1, 0.15) is 4.90 Å². The summed E-state index contributed by atoms with van der Waals surface area (Å²) < 4.78 is 28.5. The van der Waals surface area contributed by atoms with Crippen LogP contribution in [0.4, 0.5) is 0 Å². The Hall–Kier alpha value is -3.18. The van der Waals surface area contributed by atoms with Crippen LogP contribution in [0, 0.1) is 11.3 Å². The molecule has 2 aromatic rings. The van der Waals surface area contributed by atoms with Crippen molar-refractivity contribution in [2.45, 2.75) is 37.5 Å². The Bertz CT molecular complexity index is 1110. The number of rotatable bonds is 3. The van der Waals surface area contributed by atoms with Gasteiger partial charge in [-0.15, -0.1) is 4.40 Å². The zero-order valence-corrected chi connectivity index (χ0v) is 17.3. The number of nitrogens with zero attached hydrogens (tertiary/aromatic N) is 3. The van der Waals surface area contributed by atoms with E-state index in [1.165, 1.54) is 11.1 Å². The molecular weight excluding hydrogens is 388 g/mol. The SMILES string of the molecule is CC(C)(C)c1ccc(C(=O)NN(CCC#N)C2=NS(=O)(=O)c3ccccc32)cc1. The zero-order valence-electron chi connectivity index (χ0n) is 16.5. The topological polar surface area (TPSA) is 103 Å². The molecule has 29 heavy (non-hydrogen) atoms. The van der Waals surface area contributed by atoms with E-state index in [9.17, 15) is 13.2 Å². The van der Waals surface area contributed by atoms with Gasteiger partial charge in [-0.3, -0.25) is 15.2 Å². The van der Waals surface area contributed by atoms with Crippen LogP contribution < -0.4 is 5.43 Å². The van der Waals surface area contributed by atoms with Gasteiger partial charge in [-0.05, 0) is 35.2 Å². The van der Waals surface area contributed by atoms with E-state index in [4.69, 9.17) is 5.26 Å². The zero-order chi connectivity index (χ0) is 21.2. The van der Waals surface area contributed by atoms with Gasteiger partial charge in [0, 0.05) is 11.1 Å². The highest BCUT2D eigenvalue weighted by Crippen LogP contribution is 2.27. The fourth-order valence-electron chi connectivity index (χ4n) is 2.97. The molecule has 7 nitrogen and oxygen atoms in total. The molecule has 0 aromatic heterocycles. The summed E-state index contributed by atoms with van der Waals surface area (Å²) in [6.45, 7) is 6.36. The van der Waals surface area contributed by atoms with Crippen LogP contribution in [0.15, 0.2) is 57.8 Å². The Morgan fingerprint density at radius 2 is 1.79 bits per heavy atom. The lowest BCUT2D eigenvalue weighted by molar-refractivity contribution is 0.0872. The Morgan fingerprint density at radius 3 is 2.41 bits per heavy atom. The monoisotopic (exact) mass is 410 g/mol. The van der Waals surface area contributed by atoms with Crippen molar-refractivity contribution in [3.63, 3.8) is 0 Å². The minimum Gasteiger partial charge on any atom is -0.267 e. The molecule has 1 amide bonds. The number of sulfonamides is 1. The first-order valence-electron chi connectivity index (χ1n) is 9.14. The molecular formula is C21H22N4O3S. The summed E-state index contributed by atoms with van der Waals surface area (Å²) in [6.07, 6.45) is 0.0878. The summed E-state index contributed by atoms with van der Waals surface area (Å²) in [5.41, 5.74) is 4.57. The number of fused-ring (bicyclic) bond motifs is 1. The summed E-state index contributed by atoms with van der Waals surface area (Å²) in [7, 11) is -3.84. The van der Waals surface area contributed by atoms with Gasteiger partial charge in [-0.1, -0.05) is 45.0 Å². The Morgan fingerprint density at radius 1 is 1.14 bits per heavy atom. The number of hydrogen-bond acceptors (Lipinski definition) is 5. The van der Waals surface area contributed by atoms with Gasteiger partial charge >= 0.3 is 0 Å². The number of carbonyl (C=O) groups excluding carboxylic acids is 1. The van der Waals surface area contributed by atoms with E-state index in [1.54, 1.807) is 30.3 Å². The van der Waals surface area contributed by atoms with Gasteiger partial charge in [0.2, 0.25) is 0 Å². The lowest BCUT2D eigenvalue weighted by atomic mass is 9.87. The maximum atomic E-state index is 12.8. The molecule has 1 aliphatic heterocycles. The minimum atomic E-state index is -3.84. The molecule has 3 rings (SSSR count). The summed E-state index contributed by atoms with van der Waals surface area (Å²) in [5, 5.41) is 10.3. The second kappa shape index (κ2) is 7.68. The average molecular weight is 410 g/mol. The maximum Gasteiger partial charge on any atom is 0.285 e. The van der Waals surface area contributed by atoms with Crippen LogP contribution in [-0.4, -0.2) is 31.7 Å². The van der Waals surface area contributed by atoms with Crippen molar-refractivity contribution < 1.29 is 13.2 Å². The van der Waals surface area contributed by atoms with Crippen LogP contribution in [0.3, 0.4) is 0 Å². The number of carbonyl (C=O) groups is 1. The fourth-order valence-corrected chi connectivity index (χ4v) is 4.18. The molecule has 0 saturated heterocycles. The number of amides is 1. The molecule has 0 radical (unpaired) electrons. The van der Waals surface area contributed by atoms with E-state index >= 15 is 0 Å². The van der Waals surface area contributed by atoms with Crippen LogP contribution in [0.25, 0.3) is 0 Å². The average Bonchev–Trinajstić information content (AvgIpc) is 2.96. The molecule has 0 fully saturated rings. The van der Waals surface area contributed by atoms with Crippen molar-refractivity contribution in [3.05, 3.63) is 65.2 Å². The number of benzene rings is 2. The highest BCUT2D eigenvalue weighted by atomic mass is 32.2. The van der Waals surface area contributed by atoms with Crippen LogP contribution in [-0.2, 0) is 15.4 Å². The Labute approximate surface area is 170 Å². The summed E-state index contributed by atoms with van der Waals surface area (Å²) in [6, 6.07) is 15.6. The molecule has 1 aliphatic rings. The molecule has 2 aromatic carbocycles. The summed E-state index contributed by atoms with van der Waals surface area (Å²) in [4.78, 5) is 12.9. The van der Waals surface area contributed by atoms with E-state index in [2.05, 4.69) is 30.6 Å². The minimum absolute atomic E-state index is 0.0372. The highest BCUT2D eigenvalue weighted by molar-refractivity contribution is 7.90. The fraction of sp³-hybridized carbons (Fsp3) is 0.286. The van der Waals surface area contributed by atoms with Crippen molar-refractivity contribution >= 4 is 21.8 Å². The van der Waals surface area contributed by atoms with E-state index in [1.807, 2.05) is 18.2 Å². The lowest BCUT2D eigenvalue weighted by Crippen LogP contribution is -2.46. The van der Waals surface area contributed by atoms with E-state index < -0.39 is 15.9 Å². The normalized spacial score (nSPS) is 14.5. The smallest absolute Gasteiger partial charge is 0.267 e. The predicted octanol–water partition coefficient (Wildman–Crippen LogP) is 2.99. The van der Waals surface area contributed by atoms with E-state index in [0.29, 0.717) is 11.1 Å². The number of hydrogen-bond donors (Lipinski definition) is 1. The molecule has 1 N–H and O–H groups in total. The first-order valence-corrected chi connectivity index (χ1v) is 10.6. The standard InChI is InChI=1S/C21H22N4O3S/c1-21(2,3)16-11-9-15(10-12-16)20(26)23-25(14-6-13-22)19-17-7-4-5-8-18(17)29(27,28)24-19/h4-5,7-12H,6,14H2,1-3H3,(H,23,26). The van der Waals surface area contributed by atoms with E-state index in [-0.39, 0.29) is 29.1 Å². The molecule has 150 valence electrons. The molecule has 0 aliphatic carbocycles. The summed E-state index contributed by atoms with van der Waals surface area (Å²) >= 11 is 0. The number of nitrogens with one attached hydrogen (secondary N) is 1. The third kappa shape index (κ3) is 4.30. The second-order valence-electron chi connectivity index (χ2n) is 7.71. The first-order chi connectivity index (χ1) is 13.6. The van der Waals surface area contributed by atoms with Crippen LogP contribution in [0.2, 0.25) is 0 Å².